The Bertz CT molecular complexity index is 2370. The predicted octanol–water partition coefficient (Wildman–Crippen LogP) is 4.00. The maximum atomic E-state index is 13.4. The molecular formula is C38H40F3N9O5. The Kier molecular flexibility index (Phi) is 9.23. The van der Waals surface area contributed by atoms with E-state index in [1.807, 2.05) is 29.1 Å². The van der Waals surface area contributed by atoms with Gasteiger partial charge in [-0.05, 0) is 74.6 Å². The number of carbonyl (C=O) groups is 3. The molecule has 5 heterocycles. The number of nitrogens with zero attached hydrogens (tertiary/aromatic N) is 7. The molecule has 17 heteroatoms. The molecule has 3 aliphatic rings. The first-order valence-corrected chi connectivity index (χ1v) is 18.3. The van der Waals surface area contributed by atoms with E-state index in [0.29, 0.717) is 49.2 Å². The van der Waals surface area contributed by atoms with Crippen LogP contribution in [0.4, 0.5) is 24.5 Å². The van der Waals surface area contributed by atoms with Crippen LogP contribution in [0.3, 0.4) is 0 Å². The zero-order valence-corrected chi connectivity index (χ0v) is 30.1. The number of alkyl halides is 3. The molecule has 8 rings (SSSR count). The molecule has 2 saturated heterocycles. The van der Waals surface area contributed by atoms with Crippen LogP contribution >= 0.6 is 0 Å². The lowest BCUT2D eigenvalue weighted by molar-refractivity contribution is -0.141. The number of pyridine rings is 1. The van der Waals surface area contributed by atoms with Crippen molar-refractivity contribution in [2.24, 2.45) is 7.05 Å². The van der Waals surface area contributed by atoms with E-state index in [1.54, 1.807) is 29.8 Å². The average Bonchev–Trinajstić information content (AvgIpc) is 3.69. The zero-order valence-electron chi connectivity index (χ0n) is 30.1. The maximum Gasteiger partial charge on any atom is 0.433 e. The number of anilines is 2. The van der Waals surface area contributed by atoms with Crippen molar-refractivity contribution in [3.63, 3.8) is 0 Å². The molecule has 288 valence electrons. The number of aromatic nitrogens is 5. The van der Waals surface area contributed by atoms with Gasteiger partial charge in [0.25, 0.3) is 5.91 Å². The second-order valence-corrected chi connectivity index (χ2v) is 14.8. The highest BCUT2D eigenvalue weighted by Gasteiger charge is 2.37. The number of imide groups is 1. The van der Waals surface area contributed by atoms with E-state index in [0.717, 1.165) is 54.7 Å². The summed E-state index contributed by atoms with van der Waals surface area (Å²) < 4.78 is 44.2. The number of amides is 3. The summed E-state index contributed by atoms with van der Waals surface area (Å²) in [6.45, 7) is 3.35. The molecule has 1 aliphatic carbocycles. The average molecular weight is 760 g/mol. The summed E-state index contributed by atoms with van der Waals surface area (Å²) in [6.07, 6.45) is 0.292. The molecular weight excluding hydrogens is 719 g/mol. The van der Waals surface area contributed by atoms with Gasteiger partial charge >= 0.3 is 11.9 Å². The minimum Gasteiger partial charge on any atom is -0.389 e. The molecule has 3 fully saturated rings. The van der Waals surface area contributed by atoms with Gasteiger partial charge in [0.05, 0.1) is 33.9 Å². The predicted molar refractivity (Wildman–Crippen MR) is 197 cm³/mol. The van der Waals surface area contributed by atoms with Crippen LogP contribution in [0.1, 0.15) is 66.8 Å². The van der Waals surface area contributed by atoms with E-state index in [1.165, 1.54) is 10.6 Å². The second-order valence-electron chi connectivity index (χ2n) is 14.8. The molecule has 2 aliphatic heterocycles. The monoisotopic (exact) mass is 759 g/mol. The number of β-amino-alcohol motifs (C(OH)–C–C–N with tert-alkyl or cyclic N) is 1. The van der Waals surface area contributed by atoms with Gasteiger partial charge < -0.3 is 15.3 Å². The Morgan fingerprint density at radius 1 is 1.00 bits per heavy atom. The lowest BCUT2D eigenvalue weighted by Gasteiger charge is -2.43. The lowest BCUT2D eigenvalue weighted by atomic mass is 9.81. The molecule has 5 aromatic rings. The molecule has 14 nitrogen and oxygen atoms in total. The summed E-state index contributed by atoms with van der Waals surface area (Å²) in [6, 6.07) is 13.3. The van der Waals surface area contributed by atoms with Crippen LogP contribution in [0.15, 0.2) is 65.6 Å². The summed E-state index contributed by atoms with van der Waals surface area (Å²) in [5.41, 5.74) is 0.754. The van der Waals surface area contributed by atoms with Crippen LogP contribution in [0.25, 0.3) is 21.9 Å². The number of hydrogen-bond donors (Lipinski definition) is 3. The standard InChI is InChI=1S/C38H40F3N9O5/c1-46-33-28(5-3-6-29(33)50(36(46)54)30-10-11-32(51)44-35(30)53)48-18-16-47(17-19-48)22-37(55)14-12-25(13-15-37)49-21-23-20-24(8-9-26(23)45-49)42-34(52)27-4-2-7-31(43-27)38(39,40)41/h2-9,20-21,25,30,55H,10-19,22H2,1H3,(H,42,52)(H,44,51,53)/t25-,30?,37+. The van der Waals surface area contributed by atoms with Crippen molar-refractivity contribution in [1.29, 1.82) is 0 Å². The maximum absolute atomic E-state index is 13.4. The van der Waals surface area contributed by atoms with Crippen LogP contribution in [-0.4, -0.2) is 90.0 Å². The first-order valence-electron chi connectivity index (χ1n) is 18.3. The number of fused-ring (bicyclic) bond motifs is 2. The topological polar surface area (TPSA) is 160 Å². The second kappa shape index (κ2) is 13.9. The van der Waals surface area contributed by atoms with Crippen molar-refractivity contribution in [3.05, 3.63) is 82.7 Å². The molecule has 2 aromatic carbocycles. The number of piperidine rings is 1. The Morgan fingerprint density at radius 2 is 1.75 bits per heavy atom. The fraction of sp³-hybridized carbons (Fsp3) is 0.421. The van der Waals surface area contributed by atoms with Gasteiger partial charge in [-0.1, -0.05) is 12.1 Å². The lowest BCUT2D eigenvalue weighted by Crippen LogP contribution is -2.53. The number of rotatable bonds is 7. The van der Waals surface area contributed by atoms with Gasteiger partial charge in [-0.2, -0.15) is 18.3 Å². The van der Waals surface area contributed by atoms with E-state index in [9.17, 15) is 37.5 Å². The molecule has 1 saturated carbocycles. The van der Waals surface area contributed by atoms with E-state index >= 15 is 0 Å². The number of imidazole rings is 1. The third-order valence-corrected chi connectivity index (χ3v) is 11.1. The molecule has 0 bridgehead atoms. The summed E-state index contributed by atoms with van der Waals surface area (Å²) in [5.74, 6) is -1.55. The third-order valence-electron chi connectivity index (χ3n) is 11.1. The fourth-order valence-corrected chi connectivity index (χ4v) is 8.25. The highest BCUT2D eigenvalue weighted by Crippen LogP contribution is 2.37. The molecule has 3 N–H and O–H groups in total. The first kappa shape index (κ1) is 36.4. The van der Waals surface area contributed by atoms with Crippen molar-refractivity contribution in [3.8, 4) is 0 Å². The Balaban J connectivity index is 0.875. The van der Waals surface area contributed by atoms with Gasteiger partial charge in [-0.3, -0.25) is 38.4 Å². The summed E-state index contributed by atoms with van der Waals surface area (Å²) in [5, 5.41) is 22.1. The van der Waals surface area contributed by atoms with Gasteiger partial charge in [0, 0.05) is 63.5 Å². The third kappa shape index (κ3) is 7.09. The van der Waals surface area contributed by atoms with Gasteiger partial charge in [0.2, 0.25) is 11.8 Å². The number of halogens is 3. The highest BCUT2D eigenvalue weighted by atomic mass is 19.4. The number of benzene rings is 2. The normalized spacial score (nSPS) is 22.7. The number of aliphatic hydroxyl groups is 1. The van der Waals surface area contributed by atoms with Crippen molar-refractivity contribution in [1.82, 2.24) is 34.1 Å². The van der Waals surface area contributed by atoms with Crippen LogP contribution in [-0.2, 0) is 22.8 Å². The summed E-state index contributed by atoms with van der Waals surface area (Å²) >= 11 is 0. The highest BCUT2D eigenvalue weighted by molar-refractivity contribution is 6.04. The van der Waals surface area contributed by atoms with Crippen molar-refractivity contribution in [2.75, 3.05) is 42.9 Å². The fourth-order valence-electron chi connectivity index (χ4n) is 8.25. The van der Waals surface area contributed by atoms with E-state index in [4.69, 9.17) is 5.10 Å². The first-order chi connectivity index (χ1) is 26.3. The van der Waals surface area contributed by atoms with Crippen LogP contribution in [0, 0.1) is 0 Å². The minimum absolute atomic E-state index is 0.0662. The zero-order chi connectivity index (χ0) is 38.6. The van der Waals surface area contributed by atoms with Gasteiger partial charge in [0.15, 0.2) is 0 Å². The molecule has 1 atom stereocenters. The number of carbonyl (C=O) groups excluding carboxylic acids is 3. The van der Waals surface area contributed by atoms with E-state index in [-0.39, 0.29) is 36.2 Å². The molecule has 1 unspecified atom stereocenters. The molecule has 55 heavy (non-hydrogen) atoms. The smallest absolute Gasteiger partial charge is 0.389 e. The number of piperazine rings is 1. The number of hydrogen-bond acceptors (Lipinski definition) is 9. The van der Waals surface area contributed by atoms with Crippen LogP contribution in [0.2, 0.25) is 0 Å². The molecule has 3 aromatic heterocycles. The Hall–Kier alpha value is -5.55. The van der Waals surface area contributed by atoms with Crippen molar-refractivity contribution < 1.29 is 32.7 Å². The molecule has 0 spiro atoms. The molecule has 0 radical (unpaired) electrons. The van der Waals surface area contributed by atoms with Gasteiger partial charge in [-0.25, -0.2) is 9.78 Å². The Labute approximate surface area is 312 Å². The Morgan fingerprint density at radius 3 is 2.47 bits per heavy atom. The van der Waals surface area contributed by atoms with Crippen molar-refractivity contribution in [2.45, 2.75) is 62.4 Å². The van der Waals surface area contributed by atoms with Gasteiger partial charge in [0.1, 0.15) is 17.4 Å². The van der Waals surface area contributed by atoms with Crippen LogP contribution < -0.4 is 21.2 Å². The van der Waals surface area contributed by atoms with E-state index < -0.39 is 35.3 Å². The summed E-state index contributed by atoms with van der Waals surface area (Å²) in [4.78, 5) is 58.5. The summed E-state index contributed by atoms with van der Waals surface area (Å²) in [7, 11) is 1.70. The van der Waals surface area contributed by atoms with Gasteiger partial charge in [-0.15, -0.1) is 0 Å². The largest absolute Gasteiger partial charge is 0.433 e. The SMILES string of the molecule is Cn1c(=O)n(C2CCC(=O)NC2=O)c2cccc(N3CCN(C[C@]4(O)CC[C@@H](n5cc6cc(NC(=O)c7cccc(C(F)(F)F)n7)ccc6n5)CC4)CC3)c21. The quantitative estimate of drug-likeness (QED) is 0.209. The van der Waals surface area contributed by atoms with Crippen LogP contribution in [0.5, 0.6) is 0 Å². The molecule has 3 amide bonds. The number of aryl methyl sites for hydroxylation is 1. The number of nitrogens with one attached hydrogen (secondary N) is 2. The van der Waals surface area contributed by atoms with Crippen molar-refractivity contribution >= 4 is 51.0 Å². The van der Waals surface area contributed by atoms with E-state index in [2.05, 4.69) is 25.4 Å². The number of para-hydroxylation sites is 1. The minimum atomic E-state index is -4.66.